The van der Waals surface area contributed by atoms with Gasteiger partial charge >= 0.3 is 5.97 Å². The number of ether oxygens (including phenoxy) is 1. The normalized spacial score (nSPS) is 26.8. The molecule has 2 unspecified atom stereocenters. The maximum atomic E-state index is 11.7. The summed E-state index contributed by atoms with van der Waals surface area (Å²) in [6.45, 7) is 2.29. The second-order valence-electron chi connectivity index (χ2n) is 4.31. The Labute approximate surface area is 102 Å². The van der Waals surface area contributed by atoms with Gasteiger partial charge in [0.25, 0.3) is 10.2 Å². The van der Waals surface area contributed by atoms with Gasteiger partial charge in [0.2, 0.25) is 0 Å². The molecule has 1 rings (SSSR count). The van der Waals surface area contributed by atoms with Gasteiger partial charge in [-0.1, -0.05) is 13.3 Å². The Bertz CT molecular complexity index is 367. The molecule has 1 saturated heterocycles. The predicted octanol–water partition coefficient (Wildman–Crippen LogP) is 0.244. The van der Waals surface area contributed by atoms with Gasteiger partial charge in [-0.2, -0.15) is 12.7 Å². The Balaban J connectivity index is 2.99. The van der Waals surface area contributed by atoms with Gasteiger partial charge in [0.1, 0.15) is 6.04 Å². The molecule has 17 heavy (non-hydrogen) atoms. The SMILES string of the molecule is CCCC1CCCN(S(N)(=O)=O)C1C(=O)OC. The van der Waals surface area contributed by atoms with E-state index >= 15 is 0 Å². The van der Waals surface area contributed by atoms with E-state index in [2.05, 4.69) is 0 Å². The highest BCUT2D eigenvalue weighted by Crippen LogP contribution is 2.29. The molecule has 2 atom stereocenters. The van der Waals surface area contributed by atoms with Gasteiger partial charge in [-0.25, -0.2) is 5.14 Å². The zero-order valence-electron chi connectivity index (χ0n) is 10.3. The Kier molecular flexibility index (Phi) is 4.91. The molecular formula is C10H20N2O4S. The van der Waals surface area contributed by atoms with Gasteiger partial charge in [0, 0.05) is 6.54 Å². The molecular weight excluding hydrogens is 244 g/mol. The van der Waals surface area contributed by atoms with E-state index in [4.69, 9.17) is 9.88 Å². The van der Waals surface area contributed by atoms with Crippen LogP contribution in [0, 0.1) is 5.92 Å². The zero-order chi connectivity index (χ0) is 13.1. The van der Waals surface area contributed by atoms with Crippen LogP contribution in [0.4, 0.5) is 0 Å². The van der Waals surface area contributed by atoms with Crippen LogP contribution in [0.1, 0.15) is 32.6 Å². The highest BCUT2D eigenvalue weighted by molar-refractivity contribution is 7.86. The summed E-state index contributed by atoms with van der Waals surface area (Å²) >= 11 is 0. The summed E-state index contributed by atoms with van der Waals surface area (Å²) in [4.78, 5) is 11.7. The molecule has 1 aliphatic heterocycles. The molecule has 0 spiro atoms. The lowest BCUT2D eigenvalue weighted by atomic mass is 9.87. The molecule has 100 valence electrons. The van der Waals surface area contributed by atoms with Crippen LogP contribution >= 0.6 is 0 Å². The molecule has 0 bridgehead atoms. The van der Waals surface area contributed by atoms with Crippen molar-refractivity contribution in [1.82, 2.24) is 4.31 Å². The Morgan fingerprint density at radius 2 is 2.18 bits per heavy atom. The molecule has 0 aromatic rings. The van der Waals surface area contributed by atoms with Crippen molar-refractivity contribution in [2.75, 3.05) is 13.7 Å². The minimum atomic E-state index is -3.85. The van der Waals surface area contributed by atoms with Crippen LogP contribution in [0.2, 0.25) is 0 Å². The number of carbonyl (C=O) groups excluding carboxylic acids is 1. The average molecular weight is 264 g/mol. The van der Waals surface area contributed by atoms with E-state index in [1.165, 1.54) is 7.11 Å². The fraction of sp³-hybridized carbons (Fsp3) is 0.900. The second-order valence-corrected chi connectivity index (χ2v) is 5.81. The Morgan fingerprint density at radius 3 is 2.65 bits per heavy atom. The zero-order valence-corrected chi connectivity index (χ0v) is 11.1. The third kappa shape index (κ3) is 3.40. The van der Waals surface area contributed by atoms with Crippen molar-refractivity contribution in [2.45, 2.75) is 38.6 Å². The van der Waals surface area contributed by atoms with Crippen LogP contribution in [0.25, 0.3) is 0 Å². The third-order valence-electron chi connectivity index (χ3n) is 3.14. The first-order valence-electron chi connectivity index (χ1n) is 5.79. The third-order valence-corrected chi connectivity index (χ3v) is 4.20. The molecule has 0 radical (unpaired) electrons. The van der Waals surface area contributed by atoms with Crippen LogP contribution in [0.5, 0.6) is 0 Å². The summed E-state index contributed by atoms with van der Waals surface area (Å²) in [5.41, 5.74) is 0. The summed E-state index contributed by atoms with van der Waals surface area (Å²) in [6.07, 6.45) is 3.26. The fourth-order valence-corrected chi connectivity index (χ4v) is 3.39. The van der Waals surface area contributed by atoms with Crippen molar-refractivity contribution in [2.24, 2.45) is 11.1 Å². The summed E-state index contributed by atoms with van der Waals surface area (Å²) in [5.74, 6) is -0.517. The first kappa shape index (κ1) is 14.4. The van der Waals surface area contributed by atoms with Crippen molar-refractivity contribution in [3.8, 4) is 0 Å². The number of piperidine rings is 1. The monoisotopic (exact) mass is 264 g/mol. The van der Waals surface area contributed by atoms with Crippen LogP contribution < -0.4 is 5.14 Å². The van der Waals surface area contributed by atoms with Gasteiger partial charge in [-0.05, 0) is 25.2 Å². The quantitative estimate of drug-likeness (QED) is 0.737. The lowest BCUT2D eigenvalue weighted by Crippen LogP contribution is -2.54. The van der Waals surface area contributed by atoms with Gasteiger partial charge in [-0.15, -0.1) is 0 Å². The van der Waals surface area contributed by atoms with E-state index < -0.39 is 22.2 Å². The summed E-state index contributed by atoms with van der Waals surface area (Å²) in [7, 11) is -2.58. The standard InChI is InChI=1S/C10H20N2O4S/c1-3-5-8-6-4-7-12(17(11,14)15)9(8)10(13)16-2/h8-9H,3-7H2,1-2H3,(H2,11,14,15). The van der Waals surface area contributed by atoms with Crippen molar-refractivity contribution >= 4 is 16.2 Å². The number of rotatable bonds is 4. The fourth-order valence-electron chi connectivity index (χ4n) is 2.43. The second kappa shape index (κ2) is 5.79. The molecule has 6 nitrogen and oxygen atoms in total. The van der Waals surface area contributed by atoms with Gasteiger partial charge in [0.05, 0.1) is 7.11 Å². The lowest BCUT2D eigenvalue weighted by molar-refractivity contribution is -0.148. The Hall–Kier alpha value is -0.660. The molecule has 7 heteroatoms. The van der Waals surface area contributed by atoms with Crippen LogP contribution in [-0.2, 0) is 19.7 Å². The van der Waals surface area contributed by atoms with E-state index in [1.54, 1.807) is 0 Å². The summed E-state index contributed by atoms with van der Waals surface area (Å²) < 4.78 is 28.7. The van der Waals surface area contributed by atoms with Crippen LogP contribution in [0.3, 0.4) is 0 Å². The summed E-state index contributed by atoms with van der Waals surface area (Å²) in [5, 5.41) is 5.14. The van der Waals surface area contributed by atoms with E-state index in [0.717, 1.165) is 30.0 Å². The number of nitrogens with two attached hydrogens (primary N) is 1. The topological polar surface area (TPSA) is 89.7 Å². The molecule has 0 aliphatic carbocycles. The average Bonchev–Trinajstić information content (AvgIpc) is 2.27. The molecule has 0 amide bonds. The van der Waals surface area contributed by atoms with Crippen molar-refractivity contribution in [3.63, 3.8) is 0 Å². The van der Waals surface area contributed by atoms with E-state index in [-0.39, 0.29) is 5.92 Å². The minimum absolute atomic E-state index is 0.000440. The number of carbonyl (C=O) groups is 1. The molecule has 2 N–H and O–H groups in total. The Morgan fingerprint density at radius 1 is 1.53 bits per heavy atom. The van der Waals surface area contributed by atoms with Crippen LogP contribution in [0.15, 0.2) is 0 Å². The van der Waals surface area contributed by atoms with E-state index in [1.807, 2.05) is 6.92 Å². The molecule has 1 heterocycles. The number of methoxy groups -OCH3 is 1. The van der Waals surface area contributed by atoms with Crippen molar-refractivity contribution < 1.29 is 17.9 Å². The van der Waals surface area contributed by atoms with E-state index in [9.17, 15) is 13.2 Å². The smallest absolute Gasteiger partial charge is 0.324 e. The summed E-state index contributed by atoms with van der Waals surface area (Å²) in [6, 6.07) is -0.760. The molecule has 0 aromatic heterocycles. The number of esters is 1. The number of nitrogens with zero attached hydrogens (tertiary/aromatic N) is 1. The van der Waals surface area contributed by atoms with Crippen molar-refractivity contribution in [1.29, 1.82) is 0 Å². The first-order chi connectivity index (χ1) is 7.91. The van der Waals surface area contributed by atoms with Crippen LogP contribution in [-0.4, -0.2) is 38.4 Å². The van der Waals surface area contributed by atoms with Gasteiger partial charge in [0.15, 0.2) is 0 Å². The lowest BCUT2D eigenvalue weighted by Gasteiger charge is -2.37. The van der Waals surface area contributed by atoms with E-state index in [0.29, 0.717) is 6.54 Å². The maximum Gasteiger partial charge on any atom is 0.324 e. The molecule has 0 aromatic carbocycles. The van der Waals surface area contributed by atoms with Gasteiger partial charge in [-0.3, -0.25) is 4.79 Å². The molecule has 0 saturated carbocycles. The largest absolute Gasteiger partial charge is 0.468 e. The maximum absolute atomic E-state index is 11.7. The highest BCUT2D eigenvalue weighted by atomic mass is 32.2. The number of hydrogen-bond acceptors (Lipinski definition) is 4. The molecule has 1 fully saturated rings. The minimum Gasteiger partial charge on any atom is -0.468 e. The number of hydrogen-bond donors (Lipinski definition) is 1. The van der Waals surface area contributed by atoms with Gasteiger partial charge < -0.3 is 4.74 Å². The molecule has 1 aliphatic rings. The first-order valence-corrected chi connectivity index (χ1v) is 7.29. The highest BCUT2D eigenvalue weighted by Gasteiger charge is 2.41. The van der Waals surface area contributed by atoms with Crippen molar-refractivity contribution in [3.05, 3.63) is 0 Å². The predicted molar refractivity (Wildman–Crippen MR) is 63.2 cm³/mol.